The van der Waals surface area contributed by atoms with Gasteiger partial charge in [-0.1, -0.05) is 6.07 Å². The summed E-state index contributed by atoms with van der Waals surface area (Å²) in [4.78, 5) is 10.5. The second-order valence-electron chi connectivity index (χ2n) is 3.84. The van der Waals surface area contributed by atoms with E-state index in [1.165, 1.54) is 6.07 Å². The van der Waals surface area contributed by atoms with E-state index in [4.69, 9.17) is 16.0 Å². The van der Waals surface area contributed by atoms with Crippen LogP contribution in [0.5, 0.6) is 0 Å². The van der Waals surface area contributed by atoms with Gasteiger partial charge in [-0.05, 0) is 42.3 Å². The first kappa shape index (κ1) is 12.4. The minimum absolute atomic E-state index is 0.0488. The van der Waals surface area contributed by atoms with Gasteiger partial charge in [0.05, 0.1) is 11.5 Å². The molecular weight excluding hydrogens is 256 g/mol. The van der Waals surface area contributed by atoms with Crippen molar-refractivity contribution in [1.82, 2.24) is 0 Å². The zero-order chi connectivity index (χ0) is 13.1. The van der Waals surface area contributed by atoms with Gasteiger partial charge in [-0.15, -0.1) is 0 Å². The van der Waals surface area contributed by atoms with Crippen LogP contribution >= 0.6 is 11.6 Å². The van der Waals surface area contributed by atoms with Crippen molar-refractivity contribution in [3.8, 4) is 0 Å². The Hall–Kier alpha value is -2.01. The first-order valence-corrected chi connectivity index (χ1v) is 5.67. The maximum Gasteiger partial charge on any atom is 0.292 e. The van der Waals surface area contributed by atoms with Gasteiger partial charge in [-0.25, -0.2) is 0 Å². The number of nitrogens with zero attached hydrogens (tertiary/aromatic N) is 1. The topological polar surface area (TPSA) is 68.3 Å². The van der Waals surface area contributed by atoms with Gasteiger partial charge in [0.2, 0.25) is 0 Å². The lowest BCUT2D eigenvalue weighted by molar-refractivity contribution is -0.384. The molecule has 0 radical (unpaired) electrons. The van der Waals surface area contributed by atoms with E-state index in [0.29, 0.717) is 23.2 Å². The molecule has 0 saturated carbocycles. The van der Waals surface area contributed by atoms with Gasteiger partial charge in [0.1, 0.15) is 11.4 Å². The third-order valence-corrected chi connectivity index (χ3v) is 2.63. The normalized spacial score (nSPS) is 10.3. The monoisotopic (exact) mass is 266 g/mol. The van der Waals surface area contributed by atoms with Gasteiger partial charge in [-0.2, -0.15) is 0 Å². The molecule has 2 rings (SSSR count). The summed E-state index contributed by atoms with van der Waals surface area (Å²) in [5.41, 5.74) is 1.35. The molecule has 0 saturated heterocycles. The maximum absolute atomic E-state index is 10.9. The largest absolute Gasteiger partial charge is 0.448 e. The predicted molar refractivity (Wildman–Crippen MR) is 68.9 cm³/mol. The summed E-state index contributed by atoms with van der Waals surface area (Å²) in [6, 6.07) is 8.36. The fourth-order valence-electron chi connectivity index (χ4n) is 1.57. The average molecular weight is 267 g/mol. The number of rotatable bonds is 4. The number of nitrogens with one attached hydrogen (secondary N) is 1. The maximum atomic E-state index is 10.9. The SMILES string of the molecule is Cc1ccc(NCc2ccc(Cl)o2)c([N+](=O)[O-])c1. The summed E-state index contributed by atoms with van der Waals surface area (Å²) < 4.78 is 5.16. The van der Waals surface area contributed by atoms with Gasteiger partial charge >= 0.3 is 0 Å². The van der Waals surface area contributed by atoms with Crippen LogP contribution in [-0.2, 0) is 6.54 Å². The zero-order valence-corrected chi connectivity index (χ0v) is 10.4. The van der Waals surface area contributed by atoms with E-state index in [0.717, 1.165) is 5.56 Å². The minimum Gasteiger partial charge on any atom is -0.448 e. The highest BCUT2D eigenvalue weighted by atomic mass is 35.5. The van der Waals surface area contributed by atoms with Crippen LogP contribution < -0.4 is 5.32 Å². The quantitative estimate of drug-likeness (QED) is 0.676. The summed E-state index contributed by atoms with van der Waals surface area (Å²) in [5, 5.41) is 14.2. The third-order valence-electron chi connectivity index (χ3n) is 2.43. The van der Waals surface area contributed by atoms with Crippen LogP contribution in [0.3, 0.4) is 0 Å². The van der Waals surface area contributed by atoms with Crippen molar-refractivity contribution in [3.63, 3.8) is 0 Å². The molecule has 1 aromatic carbocycles. The highest BCUT2D eigenvalue weighted by Crippen LogP contribution is 2.26. The predicted octanol–water partition coefficient (Wildman–Crippen LogP) is 3.76. The molecule has 0 spiro atoms. The lowest BCUT2D eigenvalue weighted by atomic mass is 10.2. The van der Waals surface area contributed by atoms with Crippen LogP contribution in [-0.4, -0.2) is 4.92 Å². The average Bonchev–Trinajstić information content (AvgIpc) is 2.73. The molecule has 94 valence electrons. The minimum atomic E-state index is -0.412. The number of halogens is 1. The van der Waals surface area contributed by atoms with Gasteiger partial charge in [0.25, 0.3) is 5.69 Å². The Labute approximate surface area is 109 Å². The Bertz CT molecular complexity index is 580. The van der Waals surface area contributed by atoms with Gasteiger partial charge in [0.15, 0.2) is 5.22 Å². The summed E-state index contributed by atoms with van der Waals surface area (Å²) in [5.74, 6) is 0.620. The Morgan fingerprint density at radius 3 is 2.78 bits per heavy atom. The smallest absolute Gasteiger partial charge is 0.292 e. The molecule has 1 aromatic heterocycles. The Morgan fingerprint density at radius 1 is 1.39 bits per heavy atom. The fraction of sp³-hybridized carbons (Fsp3) is 0.167. The van der Waals surface area contributed by atoms with Crippen molar-refractivity contribution in [3.05, 3.63) is 57.0 Å². The molecule has 0 aliphatic carbocycles. The van der Waals surface area contributed by atoms with Gasteiger partial charge < -0.3 is 9.73 Å². The molecule has 0 bridgehead atoms. The van der Waals surface area contributed by atoms with Crippen molar-refractivity contribution >= 4 is 23.0 Å². The molecule has 0 aliphatic heterocycles. The first-order valence-electron chi connectivity index (χ1n) is 5.29. The molecule has 1 N–H and O–H groups in total. The third kappa shape index (κ3) is 2.81. The molecule has 1 heterocycles. The van der Waals surface area contributed by atoms with Crippen molar-refractivity contribution in [2.45, 2.75) is 13.5 Å². The van der Waals surface area contributed by atoms with E-state index in [2.05, 4.69) is 5.32 Å². The number of nitro benzene ring substituents is 1. The zero-order valence-electron chi connectivity index (χ0n) is 9.64. The highest BCUT2D eigenvalue weighted by molar-refractivity contribution is 6.28. The molecule has 6 heteroatoms. The van der Waals surface area contributed by atoms with E-state index >= 15 is 0 Å². The number of hydrogen-bond donors (Lipinski definition) is 1. The summed E-state index contributed by atoms with van der Waals surface area (Å²) in [7, 11) is 0. The summed E-state index contributed by atoms with van der Waals surface area (Å²) >= 11 is 5.64. The number of hydrogen-bond acceptors (Lipinski definition) is 4. The summed E-state index contributed by atoms with van der Waals surface area (Å²) in [6.07, 6.45) is 0. The van der Waals surface area contributed by atoms with Crippen LogP contribution in [0.15, 0.2) is 34.7 Å². The Morgan fingerprint density at radius 2 is 2.17 bits per heavy atom. The molecule has 5 nitrogen and oxygen atoms in total. The number of benzene rings is 1. The van der Waals surface area contributed by atoms with E-state index in [9.17, 15) is 10.1 Å². The number of aryl methyl sites for hydroxylation is 1. The Kier molecular flexibility index (Phi) is 3.53. The van der Waals surface area contributed by atoms with Crippen molar-refractivity contribution in [1.29, 1.82) is 0 Å². The summed E-state index contributed by atoms with van der Waals surface area (Å²) in [6.45, 7) is 2.15. The standard InChI is InChI=1S/C12H11ClN2O3/c1-8-2-4-10(11(6-8)15(16)17)14-7-9-3-5-12(13)18-9/h2-6,14H,7H2,1H3. The van der Waals surface area contributed by atoms with E-state index in [-0.39, 0.29) is 5.69 Å². The molecule has 18 heavy (non-hydrogen) atoms. The van der Waals surface area contributed by atoms with Gasteiger partial charge in [-0.3, -0.25) is 10.1 Å². The number of anilines is 1. The number of furan rings is 1. The van der Waals surface area contributed by atoms with E-state index in [1.807, 2.05) is 13.0 Å². The molecular formula is C12H11ClN2O3. The van der Waals surface area contributed by atoms with Crippen LogP contribution in [0, 0.1) is 17.0 Å². The van der Waals surface area contributed by atoms with Crippen molar-refractivity contribution in [2.24, 2.45) is 0 Å². The van der Waals surface area contributed by atoms with Crippen LogP contribution in [0.25, 0.3) is 0 Å². The van der Waals surface area contributed by atoms with Crippen LogP contribution in [0.1, 0.15) is 11.3 Å². The Balaban J connectivity index is 2.16. The molecule has 0 amide bonds. The second kappa shape index (κ2) is 5.10. The second-order valence-corrected chi connectivity index (χ2v) is 4.21. The fourth-order valence-corrected chi connectivity index (χ4v) is 1.73. The van der Waals surface area contributed by atoms with E-state index < -0.39 is 4.92 Å². The lowest BCUT2D eigenvalue weighted by Gasteiger charge is -2.06. The van der Waals surface area contributed by atoms with Crippen LogP contribution in [0.4, 0.5) is 11.4 Å². The van der Waals surface area contributed by atoms with Crippen LogP contribution in [0.2, 0.25) is 5.22 Å². The molecule has 0 fully saturated rings. The van der Waals surface area contributed by atoms with Crippen molar-refractivity contribution in [2.75, 3.05) is 5.32 Å². The lowest BCUT2D eigenvalue weighted by Crippen LogP contribution is -2.02. The number of nitro groups is 1. The van der Waals surface area contributed by atoms with E-state index in [1.54, 1.807) is 18.2 Å². The van der Waals surface area contributed by atoms with Crippen molar-refractivity contribution < 1.29 is 9.34 Å². The molecule has 0 unspecified atom stereocenters. The highest BCUT2D eigenvalue weighted by Gasteiger charge is 2.13. The first-order chi connectivity index (χ1) is 8.56. The molecule has 2 aromatic rings. The molecule has 0 atom stereocenters. The molecule has 0 aliphatic rings. The van der Waals surface area contributed by atoms with Gasteiger partial charge in [0, 0.05) is 6.07 Å².